The number of carbonyl (C=O) groups excluding carboxylic acids is 2. The standard InChI is InChI=1S/C47H76O7/c1-8-9-10-11-12-13-14-15-19-22-42(48)54-40-27-39-45(51)53-30-35-37-24-23-36(33(5)44(50)43(49)32(4)31(2)3)46(37,6)26-25-38(35)47(39,7)28-41(40)52-29-34-20-17-16-18-21-34/h16-18,20-21,31-33,35-41,43-44,49-50H,8-15,19,22-30H2,1-7H3/t32-,33+,35+,36-,37+,38+,39-,40-,41-,43-,44-,46-,47-/m1/s1. The van der Waals surface area contributed by atoms with E-state index in [1.54, 1.807) is 0 Å². The normalized spacial score (nSPS) is 34.5. The maximum atomic E-state index is 14.0. The number of aliphatic hydroxyl groups excluding tert-OH is 2. The van der Waals surface area contributed by atoms with E-state index in [4.69, 9.17) is 14.2 Å². The zero-order chi connectivity index (χ0) is 39.0. The Kier molecular flexibility index (Phi) is 15.6. The van der Waals surface area contributed by atoms with Crippen LogP contribution in [0.5, 0.6) is 0 Å². The van der Waals surface area contributed by atoms with Gasteiger partial charge in [-0.15, -0.1) is 0 Å². The summed E-state index contributed by atoms with van der Waals surface area (Å²) in [6.07, 6.45) is 14.0. The number of unbranched alkanes of at least 4 members (excludes halogenated alkanes) is 8. The molecular formula is C47H76O7. The van der Waals surface area contributed by atoms with Crippen LogP contribution in [0, 0.1) is 58.2 Å². The van der Waals surface area contributed by atoms with Gasteiger partial charge in [-0.2, -0.15) is 0 Å². The minimum Gasteiger partial charge on any atom is -0.465 e. The maximum Gasteiger partial charge on any atom is 0.309 e. The molecule has 0 unspecified atom stereocenters. The predicted molar refractivity (Wildman–Crippen MR) is 214 cm³/mol. The molecular weight excluding hydrogens is 677 g/mol. The summed E-state index contributed by atoms with van der Waals surface area (Å²) < 4.78 is 19.2. The molecule has 306 valence electrons. The average molecular weight is 753 g/mol. The minimum absolute atomic E-state index is 0.00402. The molecule has 4 fully saturated rings. The molecule has 1 heterocycles. The van der Waals surface area contributed by atoms with Gasteiger partial charge < -0.3 is 24.4 Å². The Bertz CT molecular complexity index is 1320. The molecule has 0 radical (unpaired) electrons. The van der Waals surface area contributed by atoms with Crippen LogP contribution in [-0.2, 0) is 30.4 Å². The van der Waals surface area contributed by atoms with Crippen molar-refractivity contribution in [3.8, 4) is 0 Å². The molecule has 7 heteroatoms. The first-order chi connectivity index (χ1) is 25.8. The van der Waals surface area contributed by atoms with Crippen LogP contribution in [0.3, 0.4) is 0 Å². The third-order valence-electron chi connectivity index (χ3n) is 15.6. The molecule has 3 saturated carbocycles. The molecule has 54 heavy (non-hydrogen) atoms. The topological polar surface area (TPSA) is 102 Å². The van der Waals surface area contributed by atoms with Crippen LogP contribution in [0.15, 0.2) is 30.3 Å². The van der Waals surface area contributed by atoms with Gasteiger partial charge in [-0.3, -0.25) is 9.59 Å². The molecule has 0 aromatic heterocycles. The van der Waals surface area contributed by atoms with E-state index in [9.17, 15) is 19.8 Å². The summed E-state index contributed by atoms with van der Waals surface area (Å²) >= 11 is 0. The zero-order valence-corrected chi connectivity index (χ0v) is 35.0. The quantitative estimate of drug-likeness (QED) is 0.107. The zero-order valence-electron chi connectivity index (χ0n) is 35.0. The second-order valence-corrected chi connectivity index (χ2v) is 19.1. The number of aliphatic hydroxyl groups is 2. The summed E-state index contributed by atoms with van der Waals surface area (Å²) in [6.45, 7) is 16.2. The summed E-state index contributed by atoms with van der Waals surface area (Å²) in [5.74, 6) is 0.739. The van der Waals surface area contributed by atoms with E-state index in [0.717, 1.165) is 50.5 Å². The van der Waals surface area contributed by atoms with Crippen molar-refractivity contribution in [3.05, 3.63) is 35.9 Å². The van der Waals surface area contributed by atoms with E-state index in [2.05, 4.69) is 53.7 Å². The second kappa shape index (κ2) is 19.5. The predicted octanol–water partition coefficient (Wildman–Crippen LogP) is 10.1. The first-order valence-corrected chi connectivity index (χ1v) is 22.2. The van der Waals surface area contributed by atoms with Gasteiger partial charge in [0.15, 0.2) is 0 Å². The number of fused-ring (bicyclic) bond motifs is 5. The van der Waals surface area contributed by atoms with E-state index in [1.807, 2.05) is 25.1 Å². The van der Waals surface area contributed by atoms with Crippen LogP contribution < -0.4 is 0 Å². The highest BCUT2D eigenvalue weighted by Gasteiger charge is 2.63. The van der Waals surface area contributed by atoms with E-state index in [1.165, 1.54) is 38.5 Å². The van der Waals surface area contributed by atoms with Gasteiger partial charge in [-0.05, 0) is 96.3 Å². The van der Waals surface area contributed by atoms with Crippen LogP contribution in [-0.4, -0.2) is 53.2 Å². The van der Waals surface area contributed by atoms with Crippen molar-refractivity contribution in [2.45, 2.75) is 182 Å². The first kappa shape index (κ1) is 43.2. The van der Waals surface area contributed by atoms with Crippen molar-refractivity contribution in [3.63, 3.8) is 0 Å². The molecule has 1 saturated heterocycles. The van der Waals surface area contributed by atoms with Crippen LogP contribution in [0.4, 0.5) is 0 Å². The number of cyclic esters (lactones) is 1. The fourth-order valence-electron chi connectivity index (χ4n) is 11.8. The van der Waals surface area contributed by atoms with Crippen LogP contribution in [0.2, 0.25) is 0 Å². The summed E-state index contributed by atoms with van der Waals surface area (Å²) in [5, 5.41) is 22.6. The van der Waals surface area contributed by atoms with Crippen molar-refractivity contribution >= 4 is 11.9 Å². The highest BCUT2D eigenvalue weighted by Crippen LogP contribution is 2.66. The highest BCUT2D eigenvalue weighted by molar-refractivity contribution is 5.74. The van der Waals surface area contributed by atoms with Crippen LogP contribution >= 0.6 is 0 Å². The van der Waals surface area contributed by atoms with Gasteiger partial charge in [-0.25, -0.2) is 0 Å². The van der Waals surface area contributed by atoms with Crippen molar-refractivity contribution in [1.82, 2.24) is 0 Å². The van der Waals surface area contributed by atoms with Gasteiger partial charge in [0.25, 0.3) is 0 Å². The van der Waals surface area contributed by atoms with Crippen molar-refractivity contribution < 1.29 is 34.0 Å². The molecule has 0 spiro atoms. The fourth-order valence-corrected chi connectivity index (χ4v) is 11.8. The number of ether oxygens (including phenoxy) is 3. The molecule has 13 atom stereocenters. The largest absolute Gasteiger partial charge is 0.465 e. The molecule has 3 aliphatic carbocycles. The van der Waals surface area contributed by atoms with Crippen molar-refractivity contribution in [2.75, 3.05) is 6.61 Å². The third kappa shape index (κ3) is 9.76. The average Bonchev–Trinajstić information content (AvgIpc) is 3.47. The third-order valence-corrected chi connectivity index (χ3v) is 15.6. The fraction of sp³-hybridized carbons (Fsp3) is 0.830. The lowest BCUT2D eigenvalue weighted by Gasteiger charge is -2.56. The maximum absolute atomic E-state index is 14.0. The van der Waals surface area contributed by atoms with Gasteiger partial charge in [0.1, 0.15) is 6.10 Å². The smallest absolute Gasteiger partial charge is 0.309 e. The van der Waals surface area contributed by atoms with Gasteiger partial charge in [0.2, 0.25) is 0 Å². The Morgan fingerprint density at radius 3 is 2.17 bits per heavy atom. The molecule has 1 aliphatic heterocycles. The molecule has 4 aliphatic rings. The lowest BCUT2D eigenvalue weighted by molar-refractivity contribution is -0.186. The molecule has 2 N–H and O–H groups in total. The minimum atomic E-state index is -0.768. The first-order valence-electron chi connectivity index (χ1n) is 22.2. The highest BCUT2D eigenvalue weighted by atomic mass is 16.6. The molecule has 1 aromatic carbocycles. The Balaban J connectivity index is 1.28. The SMILES string of the molecule is CCCCCCCCCCCC(=O)O[C@@H]1C[C@@H]2C(=O)OC[C@@H]3[C@H](CC[C@]4(C)[C@@H]([C@H](C)[C@@H](O)[C@H](O)[C@H](C)C(C)C)CC[C@@H]34)[C@@]2(C)C[C@H]1OCc1ccccc1. The Hall–Kier alpha value is -1.96. The van der Waals surface area contributed by atoms with Gasteiger partial charge in [-0.1, -0.05) is 130 Å². The van der Waals surface area contributed by atoms with E-state index in [-0.39, 0.29) is 70.3 Å². The Morgan fingerprint density at radius 2 is 1.50 bits per heavy atom. The van der Waals surface area contributed by atoms with E-state index < -0.39 is 18.3 Å². The van der Waals surface area contributed by atoms with Gasteiger partial charge in [0, 0.05) is 12.8 Å². The molecule has 5 rings (SSSR count). The number of rotatable bonds is 19. The van der Waals surface area contributed by atoms with Gasteiger partial charge >= 0.3 is 11.9 Å². The lowest BCUT2D eigenvalue weighted by atomic mass is 9.48. The van der Waals surface area contributed by atoms with E-state index >= 15 is 0 Å². The number of carbonyl (C=O) groups is 2. The number of esters is 2. The number of benzene rings is 1. The van der Waals surface area contributed by atoms with Crippen molar-refractivity contribution in [2.24, 2.45) is 58.2 Å². The number of hydrogen-bond acceptors (Lipinski definition) is 7. The molecule has 1 aromatic rings. The lowest BCUT2D eigenvalue weighted by Crippen LogP contribution is -2.56. The summed E-state index contributed by atoms with van der Waals surface area (Å²) in [6, 6.07) is 10.2. The number of hydrogen-bond donors (Lipinski definition) is 2. The Labute approximate surface area is 328 Å². The second-order valence-electron chi connectivity index (χ2n) is 19.1. The molecule has 0 bridgehead atoms. The van der Waals surface area contributed by atoms with Crippen LogP contribution in [0.1, 0.15) is 157 Å². The monoisotopic (exact) mass is 753 g/mol. The van der Waals surface area contributed by atoms with Crippen LogP contribution in [0.25, 0.3) is 0 Å². The summed E-state index contributed by atoms with van der Waals surface area (Å²) in [7, 11) is 0. The Morgan fingerprint density at radius 1 is 0.852 bits per heavy atom. The van der Waals surface area contributed by atoms with Gasteiger partial charge in [0.05, 0.1) is 37.4 Å². The van der Waals surface area contributed by atoms with E-state index in [0.29, 0.717) is 38.4 Å². The molecule has 7 nitrogen and oxygen atoms in total. The molecule has 0 amide bonds. The summed E-state index contributed by atoms with van der Waals surface area (Å²) in [5.41, 5.74) is 0.723. The van der Waals surface area contributed by atoms with Crippen molar-refractivity contribution in [1.29, 1.82) is 0 Å². The summed E-state index contributed by atoms with van der Waals surface area (Å²) in [4.78, 5) is 27.4.